The predicted octanol–water partition coefficient (Wildman–Crippen LogP) is 4.99. The van der Waals surface area contributed by atoms with E-state index in [-0.39, 0.29) is 22.6 Å². The molecule has 4 bridgehead atoms. The van der Waals surface area contributed by atoms with Crippen LogP contribution in [0, 0.1) is 22.7 Å². The summed E-state index contributed by atoms with van der Waals surface area (Å²) in [5.74, 6) is 1.69. The number of carbonyl (C=O) groups is 2. The molecule has 2 aromatic carbocycles. The Hall–Kier alpha value is -2.62. The molecule has 0 aliphatic heterocycles. The van der Waals surface area contributed by atoms with Crippen molar-refractivity contribution in [1.29, 1.82) is 0 Å². The van der Waals surface area contributed by atoms with E-state index in [0.717, 1.165) is 43.2 Å². The first-order chi connectivity index (χ1) is 15.5. The van der Waals surface area contributed by atoms with Crippen molar-refractivity contribution < 1.29 is 9.59 Å². The standard InChI is InChI=1S/C28H34N2O2/c31-25(29-18-21-7-3-1-4-8-21)16-27-12-23-11-24(13-27)15-28(14-23,20-27)17-26(32)30-19-22-9-5-2-6-10-22/h1-10,23-24H,11-20H2,(H,29,31)(H,30,32). The van der Waals surface area contributed by atoms with Crippen LogP contribution >= 0.6 is 0 Å². The van der Waals surface area contributed by atoms with Gasteiger partial charge < -0.3 is 10.6 Å². The molecule has 4 fully saturated rings. The van der Waals surface area contributed by atoms with E-state index in [4.69, 9.17) is 0 Å². The summed E-state index contributed by atoms with van der Waals surface area (Å²) in [6.07, 6.45) is 8.20. The van der Waals surface area contributed by atoms with Crippen molar-refractivity contribution in [2.24, 2.45) is 22.7 Å². The summed E-state index contributed by atoms with van der Waals surface area (Å²) >= 11 is 0. The lowest BCUT2D eigenvalue weighted by Crippen LogP contribution is -2.54. The van der Waals surface area contributed by atoms with E-state index in [2.05, 4.69) is 10.6 Å². The third kappa shape index (κ3) is 4.74. The van der Waals surface area contributed by atoms with Gasteiger partial charge in [0.25, 0.3) is 0 Å². The maximum Gasteiger partial charge on any atom is 0.220 e. The van der Waals surface area contributed by atoms with Gasteiger partial charge in [-0.1, -0.05) is 60.7 Å². The first kappa shape index (κ1) is 21.2. The van der Waals surface area contributed by atoms with Crippen molar-refractivity contribution in [3.05, 3.63) is 71.8 Å². The van der Waals surface area contributed by atoms with E-state index >= 15 is 0 Å². The van der Waals surface area contributed by atoms with Crippen molar-refractivity contribution in [1.82, 2.24) is 10.6 Å². The van der Waals surface area contributed by atoms with Gasteiger partial charge in [0.1, 0.15) is 0 Å². The maximum absolute atomic E-state index is 12.9. The summed E-state index contributed by atoms with van der Waals surface area (Å²) in [5, 5.41) is 6.29. The summed E-state index contributed by atoms with van der Waals surface area (Å²) in [6, 6.07) is 20.2. The van der Waals surface area contributed by atoms with Gasteiger partial charge in [-0.3, -0.25) is 9.59 Å². The average molecular weight is 431 g/mol. The smallest absolute Gasteiger partial charge is 0.220 e. The molecule has 0 heterocycles. The van der Waals surface area contributed by atoms with Gasteiger partial charge in [-0.2, -0.15) is 0 Å². The Morgan fingerprint density at radius 1 is 0.688 bits per heavy atom. The van der Waals surface area contributed by atoms with Gasteiger partial charge in [0.2, 0.25) is 11.8 Å². The van der Waals surface area contributed by atoms with E-state index < -0.39 is 0 Å². The number of carbonyl (C=O) groups excluding carboxylic acids is 2. The molecule has 0 atom stereocenters. The minimum Gasteiger partial charge on any atom is -0.352 e. The molecule has 0 spiro atoms. The maximum atomic E-state index is 12.9. The molecule has 2 N–H and O–H groups in total. The van der Waals surface area contributed by atoms with Gasteiger partial charge in [0.05, 0.1) is 0 Å². The summed E-state index contributed by atoms with van der Waals surface area (Å²) in [7, 11) is 0. The van der Waals surface area contributed by atoms with Gasteiger partial charge in [-0.05, 0) is 72.3 Å². The van der Waals surface area contributed by atoms with Crippen LogP contribution in [0.4, 0.5) is 0 Å². The number of hydrogen-bond acceptors (Lipinski definition) is 2. The summed E-state index contributed by atoms with van der Waals surface area (Å²) in [4.78, 5) is 25.8. The first-order valence-electron chi connectivity index (χ1n) is 12.1. The fraction of sp³-hybridized carbons (Fsp3) is 0.500. The topological polar surface area (TPSA) is 58.2 Å². The minimum absolute atomic E-state index is 0.0879. The van der Waals surface area contributed by atoms with Crippen LogP contribution in [0.5, 0.6) is 0 Å². The number of nitrogens with one attached hydrogen (secondary N) is 2. The fourth-order valence-corrected chi connectivity index (χ4v) is 7.46. The predicted molar refractivity (Wildman–Crippen MR) is 125 cm³/mol. The minimum atomic E-state index is 0.0879. The third-order valence-electron chi connectivity index (χ3n) is 8.04. The molecule has 0 saturated heterocycles. The zero-order valence-corrected chi connectivity index (χ0v) is 18.8. The molecule has 0 aromatic heterocycles. The number of rotatable bonds is 8. The van der Waals surface area contributed by atoms with E-state index in [9.17, 15) is 9.59 Å². The normalized spacial score (nSPS) is 30.1. The number of amides is 2. The van der Waals surface area contributed by atoms with Gasteiger partial charge >= 0.3 is 0 Å². The van der Waals surface area contributed by atoms with Crippen LogP contribution in [-0.4, -0.2) is 11.8 Å². The Balaban J connectivity index is 1.20. The average Bonchev–Trinajstić information content (AvgIpc) is 2.76. The van der Waals surface area contributed by atoms with Crippen LogP contribution in [0.3, 0.4) is 0 Å². The molecule has 32 heavy (non-hydrogen) atoms. The van der Waals surface area contributed by atoms with Crippen molar-refractivity contribution in [3.63, 3.8) is 0 Å². The van der Waals surface area contributed by atoms with Crippen LogP contribution in [0.2, 0.25) is 0 Å². The molecule has 4 saturated carbocycles. The molecule has 4 aliphatic rings. The fourth-order valence-electron chi connectivity index (χ4n) is 7.46. The van der Waals surface area contributed by atoms with Crippen molar-refractivity contribution in [3.8, 4) is 0 Å². The van der Waals surface area contributed by atoms with Crippen molar-refractivity contribution >= 4 is 11.8 Å². The van der Waals surface area contributed by atoms with E-state index in [1.807, 2.05) is 60.7 Å². The van der Waals surface area contributed by atoms with Gasteiger partial charge in [-0.15, -0.1) is 0 Å². The zero-order valence-electron chi connectivity index (χ0n) is 18.8. The van der Waals surface area contributed by atoms with Crippen LogP contribution in [0.15, 0.2) is 60.7 Å². The lowest BCUT2D eigenvalue weighted by Gasteiger charge is -2.62. The molecule has 4 nitrogen and oxygen atoms in total. The van der Waals surface area contributed by atoms with Gasteiger partial charge in [-0.25, -0.2) is 0 Å². The van der Waals surface area contributed by atoms with Crippen molar-refractivity contribution in [2.75, 3.05) is 0 Å². The van der Waals surface area contributed by atoms with Crippen molar-refractivity contribution in [2.45, 2.75) is 64.5 Å². The molecule has 6 rings (SSSR count). The lowest BCUT2D eigenvalue weighted by molar-refractivity contribution is -0.146. The van der Waals surface area contributed by atoms with Crippen LogP contribution in [0.25, 0.3) is 0 Å². The quantitative estimate of drug-likeness (QED) is 0.620. The molecule has 2 amide bonds. The Bertz CT molecular complexity index is 866. The largest absolute Gasteiger partial charge is 0.352 e. The molecule has 0 radical (unpaired) electrons. The Morgan fingerprint density at radius 3 is 1.50 bits per heavy atom. The molecular weight excluding hydrogens is 396 g/mol. The van der Waals surface area contributed by atoms with E-state index in [1.54, 1.807) is 0 Å². The highest BCUT2D eigenvalue weighted by molar-refractivity contribution is 5.78. The van der Waals surface area contributed by atoms with Crippen LogP contribution in [-0.2, 0) is 22.7 Å². The molecule has 0 unspecified atom stereocenters. The SMILES string of the molecule is O=C(CC12CC3CC(C1)CC(CC(=O)NCc1ccccc1)(C3)C2)NCc1ccccc1. The molecule has 168 valence electrons. The second-order valence-corrected chi connectivity index (χ2v) is 10.8. The first-order valence-corrected chi connectivity index (χ1v) is 12.1. The van der Waals surface area contributed by atoms with E-state index in [1.165, 1.54) is 6.42 Å². The highest BCUT2D eigenvalue weighted by atomic mass is 16.2. The monoisotopic (exact) mass is 430 g/mol. The Labute approximate surface area is 191 Å². The molecular formula is C28H34N2O2. The second-order valence-electron chi connectivity index (χ2n) is 10.8. The second kappa shape index (κ2) is 8.73. The Kier molecular flexibility index (Phi) is 5.79. The summed E-state index contributed by atoms with van der Waals surface area (Å²) < 4.78 is 0. The van der Waals surface area contributed by atoms with Crippen LogP contribution < -0.4 is 10.6 Å². The highest BCUT2D eigenvalue weighted by Gasteiger charge is 2.58. The number of hydrogen-bond donors (Lipinski definition) is 2. The lowest BCUT2D eigenvalue weighted by atomic mass is 9.43. The summed E-state index contributed by atoms with van der Waals surface area (Å²) in [5.41, 5.74) is 2.45. The van der Waals surface area contributed by atoms with Gasteiger partial charge in [0.15, 0.2) is 0 Å². The third-order valence-corrected chi connectivity index (χ3v) is 8.04. The molecule has 4 aliphatic carbocycles. The van der Waals surface area contributed by atoms with Gasteiger partial charge in [0, 0.05) is 25.9 Å². The highest BCUT2D eigenvalue weighted by Crippen LogP contribution is 2.67. The van der Waals surface area contributed by atoms with Crippen LogP contribution in [0.1, 0.15) is 62.5 Å². The summed E-state index contributed by atoms with van der Waals surface area (Å²) in [6.45, 7) is 1.19. The molecule has 2 aromatic rings. The van der Waals surface area contributed by atoms with E-state index in [0.29, 0.717) is 37.8 Å². The Morgan fingerprint density at radius 2 is 1.09 bits per heavy atom. The number of benzene rings is 2. The zero-order chi connectivity index (χ0) is 22.0. The molecule has 4 heteroatoms.